The van der Waals surface area contributed by atoms with Crippen molar-refractivity contribution in [1.82, 2.24) is 0 Å². The molecule has 2 heteroatoms. The molecule has 21 heavy (non-hydrogen) atoms. The lowest BCUT2D eigenvalue weighted by Crippen LogP contribution is -2.55. The van der Waals surface area contributed by atoms with Crippen molar-refractivity contribution < 1.29 is 4.79 Å². The molecule has 2 atom stereocenters. The number of rotatable bonds is 4. The van der Waals surface area contributed by atoms with Gasteiger partial charge in [0.2, 0.25) is 0 Å². The van der Waals surface area contributed by atoms with Crippen molar-refractivity contribution in [2.75, 3.05) is 0 Å². The summed E-state index contributed by atoms with van der Waals surface area (Å²) in [7, 11) is 0. The fourth-order valence-electron chi connectivity index (χ4n) is 6.98. The van der Waals surface area contributed by atoms with Crippen LogP contribution >= 0.6 is 11.3 Å². The van der Waals surface area contributed by atoms with Crippen molar-refractivity contribution in [3.05, 3.63) is 22.4 Å². The van der Waals surface area contributed by atoms with Gasteiger partial charge in [-0.25, -0.2) is 0 Å². The van der Waals surface area contributed by atoms with Crippen LogP contribution in [-0.2, 0) is 11.2 Å². The van der Waals surface area contributed by atoms with Gasteiger partial charge in [0.25, 0.3) is 0 Å². The molecule has 0 aliphatic heterocycles. The van der Waals surface area contributed by atoms with Gasteiger partial charge in [-0.3, -0.25) is 4.79 Å². The van der Waals surface area contributed by atoms with E-state index in [1.165, 1.54) is 44.1 Å². The summed E-state index contributed by atoms with van der Waals surface area (Å²) in [6.45, 7) is 4.99. The molecule has 4 saturated carbocycles. The Kier molecular flexibility index (Phi) is 2.96. The maximum atomic E-state index is 12.6. The first kappa shape index (κ1) is 14.0. The van der Waals surface area contributed by atoms with Crippen molar-refractivity contribution in [2.24, 2.45) is 22.2 Å². The van der Waals surface area contributed by atoms with E-state index < -0.39 is 0 Å². The molecule has 4 aliphatic carbocycles. The number of carbonyl (C=O) groups excluding carboxylic acids is 1. The molecule has 0 saturated heterocycles. The predicted octanol–water partition coefficient (Wildman–Crippen LogP) is 5.25. The van der Waals surface area contributed by atoms with Crippen molar-refractivity contribution in [1.29, 1.82) is 0 Å². The summed E-state index contributed by atoms with van der Waals surface area (Å²) < 4.78 is 0. The van der Waals surface area contributed by atoms with Gasteiger partial charge in [0.05, 0.1) is 0 Å². The zero-order valence-corrected chi connectivity index (χ0v) is 14.1. The van der Waals surface area contributed by atoms with E-state index in [1.54, 1.807) is 11.3 Å². The fraction of sp³-hybridized carbons (Fsp3) is 0.737. The summed E-state index contributed by atoms with van der Waals surface area (Å²) in [6.07, 6.45) is 9.67. The lowest BCUT2D eigenvalue weighted by atomic mass is 9.39. The minimum Gasteiger partial charge on any atom is -0.299 e. The zero-order chi connectivity index (χ0) is 14.7. The second-order valence-corrected chi connectivity index (χ2v) is 9.93. The topological polar surface area (TPSA) is 17.1 Å². The molecule has 1 aromatic heterocycles. The normalized spacial score (nSPS) is 44.2. The molecule has 114 valence electrons. The maximum absolute atomic E-state index is 12.6. The maximum Gasteiger partial charge on any atom is 0.137 e. The number of thiophene rings is 1. The highest BCUT2D eigenvalue weighted by Crippen LogP contribution is 2.70. The molecule has 5 rings (SSSR count). The van der Waals surface area contributed by atoms with Crippen LogP contribution in [0.4, 0.5) is 0 Å². The van der Waals surface area contributed by atoms with E-state index in [2.05, 4.69) is 30.7 Å². The van der Waals surface area contributed by atoms with Crippen LogP contribution in [0.1, 0.15) is 64.4 Å². The van der Waals surface area contributed by atoms with Gasteiger partial charge in [-0.15, -0.1) is 0 Å². The number of Topliss-reactive ketones (excluding diaryl/α,β-unsaturated/α-hetero) is 1. The quantitative estimate of drug-likeness (QED) is 0.742. The Balaban J connectivity index is 1.53. The van der Waals surface area contributed by atoms with Gasteiger partial charge in [-0.1, -0.05) is 13.8 Å². The molecule has 0 spiro atoms. The Labute approximate surface area is 132 Å². The highest BCUT2D eigenvalue weighted by molar-refractivity contribution is 7.07. The summed E-state index contributed by atoms with van der Waals surface area (Å²) in [5, 5.41) is 4.20. The Bertz CT molecular complexity index is 540. The Morgan fingerprint density at radius 3 is 2.48 bits per heavy atom. The van der Waals surface area contributed by atoms with Crippen LogP contribution in [-0.4, -0.2) is 5.78 Å². The Hall–Kier alpha value is -0.630. The number of hydrogen-bond acceptors (Lipinski definition) is 2. The van der Waals surface area contributed by atoms with Crippen molar-refractivity contribution in [2.45, 2.75) is 65.2 Å². The summed E-state index contributed by atoms with van der Waals surface area (Å²) in [6, 6.07) is 2.10. The average molecular weight is 302 g/mol. The largest absolute Gasteiger partial charge is 0.299 e. The summed E-state index contributed by atoms with van der Waals surface area (Å²) in [5.41, 5.74) is 2.61. The fourth-order valence-corrected chi connectivity index (χ4v) is 7.65. The molecule has 0 N–H and O–H groups in total. The highest BCUT2D eigenvalue weighted by Gasteiger charge is 2.60. The van der Waals surface area contributed by atoms with E-state index >= 15 is 0 Å². The van der Waals surface area contributed by atoms with Crippen molar-refractivity contribution in [3.63, 3.8) is 0 Å². The molecule has 2 unspecified atom stereocenters. The molecule has 1 heterocycles. The predicted molar refractivity (Wildman–Crippen MR) is 87.5 cm³/mol. The molecular formula is C19H26OS. The monoisotopic (exact) mass is 302 g/mol. The molecule has 0 amide bonds. The van der Waals surface area contributed by atoms with Gasteiger partial charge in [-0.2, -0.15) is 11.3 Å². The van der Waals surface area contributed by atoms with Crippen LogP contribution in [0, 0.1) is 22.2 Å². The third kappa shape index (κ3) is 2.50. The Morgan fingerprint density at radius 2 is 1.90 bits per heavy atom. The van der Waals surface area contributed by atoms with E-state index in [1.807, 2.05) is 0 Å². The molecular weight excluding hydrogens is 276 g/mol. The number of ketones is 1. The third-order valence-electron chi connectivity index (χ3n) is 6.30. The number of hydrogen-bond donors (Lipinski definition) is 0. The third-order valence-corrected chi connectivity index (χ3v) is 7.03. The van der Waals surface area contributed by atoms with E-state index in [9.17, 15) is 4.79 Å². The van der Waals surface area contributed by atoms with Crippen LogP contribution in [0.2, 0.25) is 0 Å². The SMILES string of the molecule is CC12CC3CC(C)(C1)CC(CC(=O)Cc1ccsc1)(C3)C2. The summed E-state index contributed by atoms with van der Waals surface area (Å²) >= 11 is 1.70. The van der Waals surface area contributed by atoms with E-state index in [-0.39, 0.29) is 0 Å². The second kappa shape index (κ2) is 4.44. The Morgan fingerprint density at radius 1 is 1.19 bits per heavy atom. The minimum absolute atomic E-state index is 0.343. The first-order valence-corrected chi connectivity index (χ1v) is 9.35. The first-order valence-electron chi connectivity index (χ1n) is 8.41. The summed E-state index contributed by atoms with van der Waals surface area (Å²) in [5.74, 6) is 1.37. The van der Waals surface area contributed by atoms with E-state index in [4.69, 9.17) is 0 Å². The molecule has 1 nitrogen and oxygen atoms in total. The lowest BCUT2D eigenvalue weighted by molar-refractivity contribution is -0.154. The van der Waals surface area contributed by atoms with Crippen LogP contribution in [0.5, 0.6) is 0 Å². The van der Waals surface area contributed by atoms with Crippen molar-refractivity contribution in [3.8, 4) is 0 Å². The molecule has 4 bridgehead atoms. The van der Waals surface area contributed by atoms with Gasteiger partial charge < -0.3 is 0 Å². The first-order chi connectivity index (χ1) is 9.88. The summed E-state index contributed by atoms with van der Waals surface area (Å²) in [4.78, 5) is 12.6. The van der Waals surface area contributed by atoms with Gasteiger partial charge in [0, 0.05) is 12.8 Å². The second-order valence-electron chi connectivity index (χ2n) is 9.15. The highest BCUT2D eigenvalue weighted by atomic mass is 32.1. The van der Waals surface area contributed by atoms with Crippen molar-refractivity contribution >= 4 is 17.1 Å². The standard InChI is InChI=1S/C19H26OS/c1-17-6-15-7-18(2,11-17)13-19(8-15,12-17)9-16(20)5-14-3-4-21-10-14/h3-4,10,15H,5-9,11-13H2,1-2H3. The molecule has 4 aliphatic rings. The molecule has 0 radical (unpaired) electrons. The van der Waals surface area contributed by atoms with Crippen LogP contribution in [0.15, 0.2) is 16.8 Å². The van der Waals surface area contributed by atoms with Gasteiger partial charge in [0.1, 0.15) is 5.78 Å². The van der Waals surface area contributed by atoms with Gasteiger partial charge >= 0.3 is 0 Å². The van der Waals surface area contributed by atoms with Crippen LogP contribution < -0.4 is 0 Å². The minimum atomic E-state index is 0.343. The molecule has 4 fully saturated rings. The smallest absolute Gasteiger partial charge is 0.137 e. The van der Waals surface area contributed by atoms with E-state index in [0.29, 0.717) is 28.4 Å². The average Bonchev–Trinajstić information content (AvgIpc) is 2.74. The number of carbonyl (C=O) groups is 1. The molecule has 1 aromatic rings. The zero-order valence-electron chi connectivity index (χ0n) is 13.3. The van der Waals surface area contributed by atoms with Gasteiger partial charge in [-0.05, 0) is 83.1 Å². The van der Waals surface area contributed by atoms with Gasteiger partial charge in [0.15, 0.2) is 0 Å². The lowest BCUT2D eigenvalue weighted by Gasteiger charge is -2.65. The molecule has 0 aromatic carbocycles. The van der Waals surface area contributed by atoms with Crippen LogP contribution in [0.25, 0.3) is 0 Å². The van der Waals surface area contributed by atoms with Crippen LogP contribution in [0.3, 0.4) is 0 Å². The van der Waals surface area contributed by atoms with E-state index in [0.717, 1.165) is 12.3 Å².